The smallest absolute Gasteiger partial charge is 0.335 e. The van der Waals surface area contributed by atoms with Gasteiger partial charge in [0.25, 0.3) is 0 Å². The van der Waals surface area contributed by atoms with Crippen molar-refractivity contribution < 1.29 is 22.7 Å². The lowest BCUT2D eigenvalue weighted by atomic mass is 9.99. The summed E-state index contributed by atoms with van der Waals surface area (Å²) in [6.07, 6.45) is 0. The predicted molar refractivity (Wildman–Crippen MR) is 72.5 cm³/mol. The molecule has 0 spiro atoms. The van der Waals surface area contributed by atoms with Crippen LogP contribution in [-0.2, 0) is 10.0 Å². The van der Waals surface area contributed by atoms with E-state index in [1.165, 1.54) is 0 Å². The lowest BCUT2D eigenvalue weighted by molar-refractivity contribution is 0.0696. The van der Waals surface area contributed by atoms with Crippen molar-refractivity contribution in [3.63, 3.8) is 0 Å². The maximum atomic E-state index is 13.6. The summed E-state index contributed by atoms with van der Waals surface area (Å²) in [5.41, 5.74) is -0.274. The highest BCUT2D eigenvalue weighted by molar-refractivity contribution is 7.89. The van der Waals surface area contributed by atoms with Gasteiger partial charge in [-0.05, 0) is 30.0 Å². The normalized spacial score (nSPS) is 13.4. The molecular formula is C13H18FNO4S. The number of carboxylic acids is 1. The first-order chi connectivity index (χ1) is 9.15. The van der Waals surface area contributed by atoms with E-state index in [0.29, 0.717) is 0 Å². The quantitative estimate of drug-likeness (QED) is 0.843. The Morgan fingerprint density at radius 3 is 2.45 bits per heavy atom. The van der Waals surface area contributed by atoms with Gasteiger partial charge in [0.2, 0.25) is 10.0 Å². The summed E-state index contributed by atoms with van der Waals surface area (Å²) >= 11 is 0. The van der Waals surface area contributed by atoms with Crippen LogP contribution in [0.4, 0.5) is 4.39 Å². The van der Waals surface area contributed by atoms with Crippen LogP contribution in [0.5, 0.6) is 0 Å². The fourth-order valence-corrected chi connectivity index (χ4v) is 2.64. The van der Waals surface area contributed by atoms with E-state index in [0.717, 1.165) is 18.2 Å². The first-order valence-electron chi connectivity index (χ1n) is 6.17. The second-order valence-corrected chi connectivity index (χ2v) is 6.76. The monoisotopic (exact) mass is 303 g/mol. The van der Waals surface area contributed by atoms with E-state index < -0.39 is 26.7 Å². The molecule has 0 fully saturated rings. The Labute approximate surface area is 117 Å². The Bertz CT molecular complexity index is 598. The molecule has 1 aromatic rings. The summed E-state index contributed by atoms with van der Waals surface area (Å²) in [5.74, 6) is -1.93. The summed E-state index contributed by atoms with van der Waals surface area (Å²) in [5, 5.41) is 8.82. The molecular weight excluding hydrogens is 285 g/mol. The van der Waals surface area contributed by atoms with E-state index in [4.69, 9.17) is 5.11 Å². The SMILES string of the molecule is CC(C)C(C)CNS(=O)(=O)c1cc(C(=O)O)ccc1F. The molecule has 1 atom stereocenters. The van der Waals surface area contributed by atoms with Crippen molar-refractivity contribution in [1.82, 2.24) is 4.72 Å². The molecule has 7 heteroatoms. The molecule has 0 saturated carbocycles. The molecule has 0 aliphatic rings. The van der Waals surface area contributed by atoms with Crippen LogP contribution in [0.2, 0.25) is 0 Å². The van der Waals surface area contributed by atoms with Crippen LogP contribution in [0.1, 0.15) is 31.1 Å². The van der Waals surface area contributed by atoms with Crippen LogP contribution >= 0.6 is 0 Å². The van der Waals surface area contributed by atoms with Gasteiger partial charge in [0.1, 0.15) is 10.7 Å². The number of sulfonamides is 1. The number of hydrogen-bond donors (Lipinski definition) is 2. The number of halogens is 1. The Kier molecular flexibility index (Phi) is 5.24. The first-order valence-corrected chi connectivity index (χ1v) is 7.66. The standard InChI is InChI=1S/C13H18FNO4S/c1-8(2)9(3)7-15-20(18,19)12-6-10(13(16)17)4-5-11(12)14/h4-6,8-9,15H,7H2,1-3H3,(H,16,17). The van der Waals surface area contributed by atoms with Gasteiger partial charge in [-0.25, -0.2) is 22.3 Å². The molecule has 1 rings (SSSR count). The third kappa shape index (κ3) is 4.01. The zero-order chi connectivity index (χ0) is 15.5. The van der Waals surface area contributed by atoms with Crippen LogP contribution in [0.25, 0.3) is 0 Å². The molecule has 0 radical (unpaired) electrons. The molecule has 0 heterocycles. The van der Waals surface area contributed by atoms with Crippen molar-refractivity contribution in [1.29, 1.82) is 0 Å². The van der Waals surface area contributed by atoms with Gasteiger partial charge in [0.05, 0.1) is 5.56 Å². The van der Waals surface area contributed by atoms with Gasteiger partial charge in [0.15, 0.2) is 0 Å². The van der Waals surface area contributed by atoms with E-state index in [9.17, 15) is 17.6 Å². The topological polar surface area (TPSA) is 83.5 Å². The van der Waals surface area contributed by atoms with Crippen LogP contribution in [0, 0.1) is 17.7 Å². The molecule has 0 aliphatic heterocycles. The average Bonchev–Trinajstić information content (AvgIpc) is 2.35. The average molecular weight is 303 g/mol. The minimum absolute atomic E-state index is 0.0792. The van der Waals surface area contributed by atoms with Crippen molar-refractivity contribution in [2.75, 3.05) is 6.54 Å². The molecule has 5 nitrogen and oxygen atoms in total. The lowest BCUT2D eigenvalue weighted by Gasteiger charge is -2.16. The zero-order valence-electron chi connectivity index (χ0n) is 11.6. The maximum absolute atomic E-state index is 13.6. The fourth-order valence-electron chi connectivity index (χ4n) is 1.40. The molecule has 2 N–H and O–H groups in total. The molecule has 0 saturated heterocycles. The molecule has 0 bridgehead atoms. The largest absolute Gasteiger partial charge is 0.478 e. The van der Waals surface area contributed by atoms with E-state index >= 15 is 0 Å². The molecule has 112 valence electrons. The predicted octanol–water partition coefficient (Wildman–Crippen LogP) is 2.09. The fraction of sp³-hybridized carbons (Fsp3) is 0.462. The molecule has 20 heavy (non-hydrogen) atoms. The van der Waals surface area contributed by atoms with Gasteiger partial charge in [-0.15, -0.1) is 0 Å². The van der Waals surface area contributed by atoms with Crippen LogP contribution in [0.15, 0.2) is 23.1 Å². The molecule has 1 aromatic carbocycles. The highest BCUT2D eigenvalue weighted by atomic mass is 32.2. The van der Waals surface area contributed by atoms with Gasteiger partial charge >= 0.3 is 5.97 Å². The molecule has 1 unspecified atom stereocenters. The van der Waals surface area contributed by atoms with E-state index in [-0.39, 0.29) is 23.9 Å². The number of aromatic carboxylic acids is 1. The first kappa shape index (κ1) is 16.6. The Morgan fingerprint density at radius 2 is 1.95 bits per heavy atom. The number of carboxylic acid groups (broad SMARTS) is 1. The summed E-state index contributed by atoms with van der Waals surface area (Å²) in [4.78, 5) is 10.2. The highest BCUT2D eigenvalue weighted by Gasteiger charge is 2.22. The number of rotatable bonds is 6. The maximum Gasteiger partial charge on any atom is 0.335 e. The van der Waals surface area contributed by atoms with Crippen LogP contribution < -0.4 is 4.72 Å². The van der Waals surface area contributed by atoms with Gasteiger partial charge in [-0.3, -0.25) is 0 Å². The van der Waals surface area contributed by atoms with Crippen molar-refractivity contribution in [2.24, 2.45) is 11.8 Å². The van der Waals surface area contributed by atoms with Crippen molar-refractivity contribution in [3.05, 3.63) is 29.6 Å². The van der Waals surface area contributed by atoms with Crippen molar-refractivity contribution in [3.8, 4) is 0 Å². The zero-order valence-corrected chi connectivity index (χ0v) is 12.4. The number of benzene rings is 1. The number of carbonyl (C=O) groups is 1. The van der Waals surface area contributed by atoms with Gasteiger partial charge < -0.3 is 5.11 Å². The summed E-state index contributed by atoms with van der Waals surface area (Å²) in [7, 11) is -4.06. The van der Waals surface area contributed by atoms with Gasteiger partial charge in [-0.1, -0.05) is 20.8 Å². The molecule has 0 aromatic heterocycles. The van der Waals surface area contributed by atoms with E-state index in [1.54, 1.807) is 0 Å². The minimum atomic E-state index is -4.06. The molecule has 0 amide bonds. The van der Waals surface area contributed by atoms with E-state index in [1.807, 2.05) is 20.8 Å². The van der Waals surface area contributed by atoms with Gasteiger partial charge in [0, 0.05) is 6.54 Å². The third-order valence-corrected chi connectivity index (χ3v) is 4.64. The second-order valence-electron chi connectivity index (χ2n) is 5.02. The minimum Gasteiger partial charge on any atom is -0.478 e. The second kappa shape index (κ2) is 6.32. The number of nitrogens with one attached hydrogen (secondary N) is 1. The van der Waals surface area contributed by atoms with Crippen LogP contribution in [0.3, 0.4) is 0 Å². The van der Waals surface area contributed by atoms with Crippen LogP contribution in [-0.4, -0.2) is 26.0 Å². The summed E-state index contributed by atoms with van der Waals surface area (Å²) in [6.45, 7) is 5.93. The Morgan fingerprint density at radius 1 is 1.35 bits per heavy atom. The third-order valence-electron chi connectivity index (χ3n) is 3.20. The Balaban J connectivity index is 3.03. The van der Waals surface area contributed by atoms with E-state index in [2.05, 4.69) is 4.72 Å². The number of hydrogen-bond acceptors (Lipinski definition) is 3. The Hall–Kier alpha value is -1.47. The van der Waals surface area contributed by atoms with Gasteiger partial charge in [-0.2, -0.15) is 0 Å². The summed E-state index contributed by atoms with van der Waals surface area (Å²) in [6, 6.07) is 2.68. The highest BCUT2D eigenvalue weighted by Crippen LogP contribution is 2.17. The van der Waals surface area contributed by atoms with Crippen molar-refractivity contribution in [2.45, 2.75) is 25.7 Å². The lowest BCUT2D eigenvalue weighted by Crippen LogP contribution is -2.31. The summed E-state index contributed by atoms with van der Waals surface area (Å²) < 4.78 is 39.9. The van der Waals surface area contributed by atoms with Crippen molar-refractivity contribution >= 4 is 16.0 Å². The molecule has 0 aliphatic carbocycles.